The average Bonchev–Trinajstić information content (AvgIpc) is 2.64. The molecule has 10 nitrogen and oxygen atoms in total. The van der Waals surface area contributed by atoms with Gasteiger partial charge in [0.1, 0.15) is 0 Å². The Bertz CT molecular complexity index is 389. The largest absolute Gasteiger partial charge is 0.504 e. The van der Waals surface area contributed by atoms with Crippen molar-refractivity contribution in [1.82, 2.24) is 4.90 Å². The molecule has 0 rings (SSSR count). The maximum absolute atomic E-state index is 11.4. The van der Waals surface area contributed by atoms with Crippen molar-refractivity contribution < 1.29 is 27.5 Å². The topological polar surface area (TPSA) is 145 Å². The van der Waals surface area contributed by atoms with Gasteiger partial charge in [0.25, 0.3) is 5.97 Å². The number of amides is 2. The standard InChI is InChI=1S/C15H36N4O6Si/c1-15(21-2,22-3)25-26(23-4,24-12-6-5-8-16)13-7-10-19(11-9-17)14(18)20/h5-13,16-17H2,1-4H3,(H2,18,20). The van der Waals surface area contributed by atoms with Crippen LogP contribution in [0.1, 0.15) is 26.2 Å². The van der Waals surface area contributed by atoms with Gasteiger partial charge in [0.05, 0.1) is 0 Å². The Morgan fingerprint density at radius 2 is 1.69 bits per heavy atom. The third kappa shape index (κ3) is 9.23. The monoisotopic (exact) mass is 396 g/mol. The second kappa shape index (κ2) is 13.4. The molecule has 2 amide bonds. The van der Waals surface area contributed by atoms with Gasteiger partial charge < -0.3 is 44.9 Å². The summed E-state index contributed by atoms with van der Waals surface area (Å²) < 4.78 is 28.3. The molecular weight excluding hydrogens is 360 g/mol. The van der Waals surface area contributed by atoms with Crippen LogP contribution < -0.4 is 17.2 Å². The van der Waals surface area contributed by atoms with Gasteiger partial charge in [0, 0.05) is 60.5 Å². The molecule has 0 saturated carbocycles. The lowest BCUT2D eigenvalue weighted by Crippen LogP contribution is -2.53. The predicted molar refractivity (Wildman–Crippen MR) is 100 cm³/mol. The lowest BCUT2D eigenvalue weighted by molar-refractivity contribution is -0.326. The van der Waals surface area contributed by atoms with E-state index >= 15 is 0 Å². The van der Waals surface area contributed by atoms with E-state index in [2.05, 4.69) is 0 Å². The first-order valence-corrected chi connectivity index (χ1v) is 10.7. The van der Waals surface area contributed by atoms with Gasteiger partial charge in [-0.05, 0) is 25.8 Å². The Balaban J connectivity index is 5.00. The van der Waals surface area contributed by atoms with Crippen LogP contribution in [0.4, 0.5) is 4.79 Å². The smallest absolute Gasteiger partial charge is 0.377 e. The predicted octanol–water partition coefficient (Wildman–Crippen LogP) is 0.0398. The molecule has 0 aliphatic heterocycles. The summed E-state index contributed by atoms with van der Waals surface area (Å²) in [5.41, 5.74) is 16.4. The molecule has 0 aliphatic rings. The molecule has 0 aromatic rings. The molecule has 6 N–H and O–H groups in total. The molecule has 26 heavy (non-hydrogen) atoms. The number of nitrogens with zero attached hydrogens (tertiary/aromatic N) is 1. The summed E-state index contributed by atoms with van der Waals surface area (Å²) in [4.78, 5) is 12.9. The fourth-order valence-electron chi connectivity index (χ4n) is 2.25. The van der Waals surface area contributed by atoms with E-state index in [4.69, 9.17) is 40.0 Å². The Morgan fingerprint density at radius 3 is 2.15 bits per heavy atom. The highest BCUT2D eigenvalue weighted by Gasteiger charge is 2.47. The third-order valence-corrected chi connectivity index (χ3v) is 6.85. The first-order valence-electron chi connectivity index (χ1n) is 8.76. The number of urea groups is 1. The van der Waals surface area contributed by atoms with E-state index < -0.39 is 20.8 Å². The maximum atomic E-state index is 11.4. The van der Waals surface area contributed by atoms with Crippen molar-refractivity contribution in [3.05, 3.63) is 0 Å². The summed E-state index contributed by atoms with van der Waals surface area (Å²) in [7, 11) is 1.36. The van der Waals surface area contributed by atoms with E-state index in [9.17, 15) is 4.79 Å². The second-order valence-electron chi connectivity index (χ2n) is 5.82. The number of unbranched alkanes of at least 4 members (excludes halogenated alkanes) is 1. The van der Waals surface area contributed by atoms with E-state index in [1.807, 2.05) is 0 Å². The molecule has 156 valence electrons. The summed E-state index contributed by atoms with van der Waals surface area (Å²) in [6.07, 6.45) is 2.20. The van der Waals surface area contributed by atoms with Gasteiger partial charge in [0.15, 0.2) is 0 Å². The summed E-state index contributed by atoms with van der Waals surface area (Å²) in [5, 5.41) is 0. The molecule has 1 unspecified atom stereocenters. The van der Waals surface area contributed by atoms with E-state index in [1.54, 1.807) is 6.92 Å². The number of rotatable bonds is 16. The van der Waals surface area contributed by atoms with Crippen LogP contribution in [0, 0.1) is 0 Å². The Kier molecular flexibility index (Phi) is 13.0. The minimum Gasteiger partial charge on any atom is -0.377 e. The molecule has 0 spiro atoms. The van der Waals surface area contributed by atoms with E-state index in [0.717, 1.165) is 12.8 Å². The molecule has 0 fully saturated rings. The molecule has 0 saturated heterocycles. The fraction of sp³-hybridized carbons (Fsp3) is 0.933. The fourth-order valence-corrected chi connectivity index (χ4v) is 4.74. The normalized spacial score (nSPS) is 14.2. The minimum atomic E-state index is -3.12. The number of ether oxygens (including phenoxy) is 2. The molecular formula is C15H36N4O6Si. The van der Waals surface area contributed by atoms with Crippen LogP contribution >= 0.6 is 0 Å². The number of primary amides is 1. The van der Waals surface area contributed by atoms with Crippen LogP contribution in [0.2, 0.25) is 6.04 Å². The number of hydrogen-bond donors (Lipinski definition) is 3. The zero-order valence-electron chi connectivity index (χ0n) is 16.5. The third-order valence-electron chi connectivity index (χ3n) is 3.94. The molecule has 0 aliphatic carbocycles. The van der Waals surface area contributed by atoms with Gasteiger partial charge in [-0.1, -0.05) is 0 Å². The number of carbonyl (C=O) groups is 1. The van der Waals surface area contributed by atoms with Gasteiger partial charge in [-0.25, -0.2) is 4.79 Å². The molecule has 11 heteroatoms. The minimum absolute atomic E-state index is 0.341. The zero-order valence-corrected chi connectivity index (χ0v) is 17.5. The van der Waals surface area contributed by atoms with Gasteiger partial charge in [-0.2, -0.15) is 0 Å². The molecule has 0 aromatic heterocycles. The van der Waals surface area contributed by atoms with Gasteiger partial charge in [0.2, 0.25) is 0 Å². The van der Waals surface area contributed by atoms with Crippen LogP contribution in [0.25, 0.3) is 0 Å². The number of hydrogen-bond acceptors (Lipinski definition) is 8. The van der Waals surface area contributed by atoms with Gasteiger partial charge >= 0.3 is 14.8 Å². The molecule has 1 atom stereocenters. The van der Waals surface area contributed by atoms with Crippen molar-refractivity contribution in [3.8, 4) is 0 Å². The Morgan fingerprint density at radius 1 is 1.04 bits per heavy atom. The number of carbonyl (C=O) groups excluding carboxylic acids is 1. The van der Waals surface area contributed by atoms with Crippen molar-refractivity contribution in [2.45, 2.75) is 38.2 Å². The van der Waals surface area contributed by atoms with E-state index in [-0.39, 0.29) is 0 Å². The summed E-state index contributed by atoms with van der Waals surface area (Å²) >= 11 is 0. The van der Waals surface area contributed by atoms with Crippen LogP contribution in [-0.2, 0) is 22.8 Å². The quantitative estimate of drug-likeness (QED) is 0.188. The number of methoxy groups -OCH3 is 2. The van der Waals surface area contributed by atoms with Crippen LogP contribution in [0.5, 0.6) is 0 Å². The first-order chi connectivity index (χ1) is 12.3. The molecule has 0 bridgehead atoms. The summed E-state index contributed by atoms with van der Waals surface area (Å²) in [6.45, 7) is 3.84. The zero-order chi connectivity index (χ0) is 20.1. The van der Waals surface area contributed by atoms with Gasteiger partial charge in [-0.15, -0.1) is 0 Å². The lowest BCUT2D eigenvalue weighted by atomic mass is 10.3. The van der Waals surface area contributed by atoms with Crippen LogP contribution in [0.3, 0.4) is 0 Å². The molecule has 0 heterocycles. The second-order valence-corrected chi connectivity index (χ2v) is 8.59. The first kappa shape index (κ1) is 25.2. The maximum Gasteiger partial charge on any atom is 0.504 e. The molecule has 0 radical (unpaired) electrons. The van der Waals surface area contributed by atoms with Gasteiger partial charge in [-0.3, -0.25) is 0 Å². The van der Waals surface area contributed by atoms with Crippen molar-refractivity contribution in [3.63, 3.8) is 0 Å². The van der Waals surface area contributed by atoms with Crippen molar-refractivity contribution in [2.24, 2.45) is 17.2 Å². The lowest BCUT2D eigenvalue weighted by Gasteiger charge is -2.36. The molecule has 0 aromatic carbocycles. The van der Waals surface area contributed by atoms with E-state index in [1.165, 1.54) is 26.2 Å². The Hall–Kier alpha value is -0.793. The van der Waals surface area contributed by atoms with Crippen molar-refractivity contribution in [1.29, 1.82) is 0 Å². The average molecular weight is 397 g/mol. The van der Waals surface area contributed by atoms with Crippen LogP contribution in [-0.4, -0.2) is 79.8 Å². The highest BCUT2D eigenvalue weighted by Crippen LogP contribution is 2.26. The Labute approximate surface area is 157 Å². The highest BCUT2D eigenvalue weighted by atomic mass is 28.4. The van der Waals surface area contributed by atoms with E-state index in [0.29, 0.717) is 45.3 Å². The number of nitrogens with two attached hydrogens (primary N) is 3. The summed E-state index contributed by atoms with van der Waals surface area (Å²) in [6, 6.07) is -0.0495. The van der Waals surface area contributed by atoms with Crippen LogP contribution in [0.15, 0.2) is 0 Å². The summed E-state index contributed by atoms with van der Waals surface area (Å²) in [5.74, 6) is -1.29. The van der Waals surface area contributed by atoms with Crippen molar-refractivity contribution in [2.75, 3.05) is 54.1 Å². The van der Waals surface area contributed by atoms with Crippen molar-refractivity contribution >= 4 is 14.8 Å². The highest BCUT2D eigenvalue weighted by molar-refractivity contribution is 6.60. The SMILES string of the molecule is COC(C)(OC)O[Si](CCCN(CCN)C(N)=O)(OC)OCCCCN.